The molecule has 0 fully saturated rings. The van der Waals surface area contributed by atoms with Crippen LogP contribution in [-0.2, 0) is 0 Å². The molecule has 0 bridgehead atoms. The van der Waals surface area contributed by atoms with Gasteiger partial charge in [-0.05, 0) is 85.0 Å². The van der Waals surface area contributed by atoms with Gasteiger partial charge in [-0.2, -0.15) is 0 Å². The number of rotatable bonds is 10. The van der Waals surface area contributed by atoms with Gasteiger partial charge in [-0.3, -0.25) is 0 Å². The Morgan fingerprint density at radius 3 is 1.16 bits per heavy atom. The van der Waals surface area contributed by atoms with Crippen molar-refractivity contribution in [2.75, 3.05) is 19.8 Å². The third-order valence-corrected chi connectivity index (χ3v) is 3.67. The predicted molar refractivity (Wildman–Crippen MR) is 112 cm³/mol. The molecule has 0 aliphatic rings. The van der Waals surface area contributed by atoms with E-state index in [1.54, 1.807) is 6.92 Å². The average Bonchev–Trinajstić information content (AvgIpc) is 2.48. The number of aliphatic hydroxyl groups is 3. The molecule has 2 unspecified atom stereocenters. The number of hydrogen-bond donors (Lipinski definition) is 3. The van der Waals surface area contributed by atoms with Gasteiger partial charge < -0.3 is 15.3 Å². The molecule has 3 N–H and O–H groups in total. The van der Waals surface area contributed by atoms with Crippen LogP contribution in [0.3, 0.4) is 0 Å². The molecule has 0 heterocycles. The Balaban J connectivity index is -0.000000334. The first-order valence-electron chi connectivity index (χ1n) is 9.84. The molecule has 25 heavy (non-hydrogen) atoms. The van der Waals surface area contributed by atoms with Crippen molar-refractivity contribution < 1.29 is 15.3 Å². The Labute approximate surface area is 157 Å². The zero-order chi connectivity index (χ0) is 20.1. The largest absolute Gasteiger partial charge is 0.397 e. The van der Waals surface area contributed by atoms with Crippen LogP contribution in [0.25, 0.3) is 0 Å². The molecule has 0 aromatic heterocycles. The summed E-state index contributed by atoms with van der Waals surface area (Å²) in [6.07, 6.45) is 11.1. The van der Waals surface area contributed by atoms with Gasteiger partial charge in [0.2, 0.25) is 0 Å². The molecule has 0 aromatic rings. The van der Waals surface area contributed by atoms with Crippen LogP contribution in [0, 0.1) is 11.8 Å². The van der Waals surface area contributed by atoms with Crippen LogP contribution in [0.4, 0.5) is 0 Å². The number of aliphatic hydroxyl groups excluding tert-OH is 3. The minimum Gasteiger partial charge on any atom is -0.397 e. The van der Waals surface area contributed by atoms with E-state index in [4.69, 9.17) is 15.3 Å². The quantitative estimate of drug-likeness (QED) is 0.452. The fourth-order valence-corrected chi connectivity index (χ4v) is 2.04. The highest BCUT2D eigenvalue weighted by Crippen LogP contribution is 2.11. The van der Waals surface area contributed by atoms with Gasteiger partial charge in [-0.1, -0.05) is 37.1 Å². The molecular weight excluding hydrogens is 312 g/mol. The molecule has 0 radical (unpaired) electrons. The number of hydrogen-bond acceptors (Lipinski definition) is 3. The van der Waals surface area contributed by atoms with Gasteiger partial charge in [0, 0.05) is 19.8 Å². The zero-order valence-electron chi connectivity index (χ0n) is 18.0. The fourth-order valence-electron chi connectivity index (χ4n) is 2.04. The van der Waals surface area contributed by atoms with Crippen LogP contribution in [-0.4, -0.2) is 35.1 Å². The highest BCUT2D eigenvalue weighted by atomic mass is 16.3. The fraction of sp³-hybridized carbons (Fsp3) is 0.818. The summed E-state index contributed by atoms with van der Waals surface area (Å²) in [5, 5.41) is 24.8. The molecule has 0 saturated carbocycles. The van der Waals surface area contributed by atoms with E-state index in [0.29, 0.717) is 25.0 Å². The molecule has 3 heteroatoms. The first-order valence-corrected chi connectivity index (χ1v) is 9.84. The van der Waals surface area contributed by atoms with E-state index in [-0.39, 0.29) is 6.61 Å². The van der Waals surface area contributed by atoms with Gasteiger partial charge in [0.05, 0.1) is 0 Å². The highest BCUT2D eigenvalue weighted by Gasteiger charge is 1.99. The first kappa shape index (κ1) is 29.1. The Morgan fingerprint density at radius 1 is 0.680 bits per heavy atom. The molecule has 152 valence electrons. The van der Waals surface area contributed by atoms with E-state index >= 15 is 0 Å². The summed E-state index contributed by atoms with van der Waals surface area (Å²) in [7, 11) is 0. The molecule has 0 aliphatic heterocycles. The molecule has 0 aromatic carbocycles. The van der Waals surface area contributed by atoms with Crippen LogP contribution in [0.5, 0.6) is 0 Å². The monoisotopic (exact) mass is 358 g/mol. The zero-order valence-corrected chi connectivity index (χ0v) is 18.0. The number of allylic oxidation sites excluding steroid dienone is 4. The van der Waals surface area contributed by atoms with E-state index < -0.39 is 0 Å². The molecule has 0 spiro atoms. The molecule has 2 atom stereocenters. The van der Waals surface area contributed by atoms with Gasteiger partial charge in [0.15, 0.2) is 0 Å². The van der Waals surface area contributed by atoms with Crippen molar-refractivity contribution in [3.63, 3.8) is 0 Å². The van der Waals surface area contributed by atoms with Gasteiger partial charge in [0.1, 0.15) is 0 Å². The van der Waals surface area contributed by atoms with Crippen LogP contribution in [0.2, 0.25) is 0 Å². The smallest absolute Gasteiger partial charge is 0.0433 e. The van der Waals surface area contributed by atoms with Crippen LogP contribution < -0.4 is 0 Å². The van der Waals surface area contributed by atoms with Crippen molar-refractivity contribution in [2.24, 2.45) is 11.8 Å². The third kappa shape index (κ3) is 35.4. The summed E-state index contributed by atoms with van der Waals surface area (Å²) in [6.45, 7) is 15.5. The second-order valence-electron chi connectivity index (χ2n) is 7.27. The van der Waals surface area contributed by atoms with Gasteiger partial charge in [-0.15, -0.1) is 0 Å². The maximum Gasteiger partial charge on any atom is 0.0433 e. The Hall–Kier alpha value is -0.640. The normalized spacial score (nSPS) is 11.9. The van der Waals surface area contributed by atoms with Crippen molar-refractivity contribution in [3.8, 4) is 0 Å². The molecule has 0 saturated heterocycles. The van der Waals surface area contributed by atoms with Gasteiger partial charge >= 0.3 is 0 Å². The minimum atomic E-state index is 0.250. The van der Waals surface area contributed by atoms with E-state index in [9.17, 15) is 0 Å². The molecule has 0 rings (SSSR count). The standard InChI is InChI=1S/2C10H20O.C2H6O/c2*1-9(2)5-4-6-10(3)7-8-11;1-2-3/h2*5,10-11H,4,6-8H2,1-3H3;3H,2H2,1H3. The minimum absolute atomic E-state index is 0.250. The lowest BCUT2D eigenvalue weighted by Gasteiger charge is -2.06. The van der Waals surface area contributed by atoms with E-state index in [1.807, 2.05) is 0 Å². The second-order valence-corrected chi connectivity index (χ2v) is 7.27. The van der Waals surface area contributed by atoms with Crippen LogP contribution in [0.15, 0.2) is 23.3 Å². The molecule has 0 aliphatic carbocycles. The average molecular weight is 359 g/mol. The lowest BCUT2D eigenvalue weighted by molar-refractivity contribution is 0.258. The SMILES string of the molecule is CC(C)=CCCC(C)CCO.CC(C)=CCCC(C)CCO.CCO. The molecule has 0 amide bonds. The van der Waals surface area contributed by atoms with Crippen LogP contribution in [0.1, 0.15) is 87.0 Å². The van der Waals surface area contributed by atoms with Crippen molar-refractivity contribution in [1.29, 1.82) is 0 Å². The second kappa shape index (κ2) is 23.4. The molecular formula is C22H46O3. The summed E-state index contributed by atoms with van der Waals surface area (Å²) < 4.78 is 0. The van der Waals surface area contributed by atoms with E-state index in [1.165, 1.54) is 24.0 Å². The van der Waals surface area contributed by atoms with Gasteiger partial charge in [0.25, 0.3) is 0 Å². The summed E-state index contributed by atoms with van der Waals surface area (Å²) >= 11 is 0. The lowest BCUT2D eigenvalue weighted by Crippen LogP contribution is -1.96. The van der Waals surface area contributed by atoms with Gasteiger partial charge in [-0.25, -0.2) is 0 Å². The Morgan fingerprint density at radius 2 is 0.960 bits per heavy atom. The lowest BCUT2D eigenvalue weighted by atomic mass is 10.0. The first-order chi connectivity index (χ1) is 11.7. The van der Waals surface area contributed by atoms with Crippen LogP contribution >= 0.6 is 0 Å². The highest BCUT2D eigenvalue weighted by molar-refractivity contribution is 4.93. The van der Waals surface area contributed by atoms with Crippen molar-refractivity contribution >= 4 is 0 Å². The van der Waals surface area contributed by atoms with Crippen molar-refractivity contribution in [2.45, 2.75) is 87.0 Å². The third-order valence-electron chi connectivity index (χ3n) is 3.67. The molecule has 3 nitrogen and oxygen atoms in total. The van der Waals surface area contributed by atoms with Crippen molar-refractivity contribution in [1.82, 2.24) is 0 Å². The topological polar surface area (TPSA) is 60.7 Å². The summed E-state index contributed by atoms with van der Waals surface area (Å²) in [6, 6.07) is 0. The maximum atomic E-state index is 8.63. The summed E-state index contributed by atoms with van der Waals surface area (Å²) in [5.41, 5.74) is 2.78. The van der Waals surface area contributed by atoms with E-state index in [0.717, 1.165) is 25.7 Å². The summed E-state index contributed by atoms with van der Waals surface area (Å²) in [4.78, 5) is 0. The maximum absolute atomic E-state index is 8.63. The Kier molecular flexibility index (Phi) is 27.2. The van der Waals surface area contributed by atoms with Crippen molar-refractivity contribution in [3.05, 3.63) is 23.3 Å². The van der Waals surface area contributed by atoms with E-state index in [2.05, 4.69) is 53.7 Å². The Bertz CT molecular complexity index is 270. The summed E-state index contributed by atoms with van der Waals surface area (Å²) in [5.74, 6) is 1.33. The predicted octanol–water partition coefficient (Wildman–Crippen LogP) is 5.50.